The monoisotopic (exact) mass is 230 g/mol. The van der Waals surface area contributed by atoms with E-state index in [0.29, 0.717) is 13.0 Å². The summed E-state index contributed by atoms with van der Waals surface area (Å²) in [6, 6.07) is 0. The Bertz CT molecular complexity index is 193. The molecule has 0 unspecified atom stereocenters. The molecule has 0 radical (unpaired) electrons. The van der Waals surface area contributed by atoms with Gasteiger partial charge in [0.05, 0.1) is 6.54 Å². The van der Waals surface area contributed by atoms with E-state index in [9.17, 15) is 9.59 Å². The van der Waals surface area contributed by atoms with Gasteiger partial charge in [-0.05, 0) is 26.8 Å². The van der Waals surface area contributed by atoms with Gasteiger partial charge in [0.25, 0.3) is 0 Å². The van der Waals surface area contributed by atoms with Crippen LogP contribution in [0.4, 0.5) is 0 Å². The largest absolute Gasteiger partial charge is 0.335 e. The summed E-state index contributed by atoms with van der Waals surface area (Å²) in [5, 5.41) is 0. The lowest BCUT2D eigenvalue weighted by Gasteiger charge is -2.18. The van der Waals surface area contributed by atoms with Crippen molar-refractivity contribution in [3.05, 3.63) is 0 Å². The summed E-state index contributed by atoms with van der Waals surface area (Å²) >= 11 is 0. The number of ketones is 1. The Balaban J connectivity index is 0. The van der Waals surface area contributed by atoms with Gasteiger partial charge in [-0.3, -0.25) is 9.59 Å². The van der Waals surface area contributed by atoms with Crippen molar-refractivity contribution in [3.8, 4) is 0 Å². The van der Waals surface area contributed by atoms with E-state index in [1.165, 1.54) is 14.0 Å². The predicted molar refractivity (Wildman–Crippen MR) is 67.2 cm³/mol. The van der Waals surface area contributed by atoms with Crippen LogP contribution in [0.15, 0.2) is 0 Å². The molecule has 4 nitrogen and oxygen atoms in total. The molecule has 1 heterocycles. The highest BCUT2D eigenvalue weighted by atomic mass is 16.2. The first kappa shape index (κ1) is 17.5. The topological polar surface area (TPSA) is 63.4 Å². The quantitative estimate of drug-likeness (QED) is 0.783. The molecule has 2 N–H and O–H groups in total. The lowest BCUT2D eigenvalue weighted by atomic mass is 10.2. The third-order valence-electron chi connectivity index (χ3n) is 2.08. The Kier molecular flexibility index (Phi) is 13.3. The van der Waals surface area contributed by atoms with Gasteiger partial charge in [-0.15, -0.1) is 0 Å². The molecule has 1 rings (SSSR count). The maximum Gasteiger partial charge on any atom is 0.222 e. The molecule has 0 spiro atoms. The second-order valence-corrected chi connectivity index (χ2v) is 3.33. The lowest BCUT2D eigenvalue weighted by molar-refractivity contribution is -0.134. The number of hydrogen-bond donors (Lipinski definition) is 1. The molecule has 1 aliphatic rings. The van der Waals surface area contributed by atoms with Crippen molar-refractivity contribution in [3.63, 3.8) is 0 Å². The van der Waals surface area contributed by atoms with E-state index in [1.807, 2.05) is 13.8 Å². The fourth-order valence-corrected chi connectivity index (χ4v) is 1.47. The van der Waals surface area contributed by atoms with Crippen LogP contribution in [0.1, 0.15) is 46.5 Å². The highest BCUT2D eigenvalue weighted by Crippen LogP contribution is 2.10. The van der Waals surface area contributed by atoms with Gasteiger partial charge < -0.3 is 10.6 Å². The summed E-state index contributed by atoms with van der Waals surface area (Å²) in [4.78, 5) is 23.8. The van der Waals surface area contributed by atoms with E-state index < -0.39 is 0 Å². The van der Waals surface area contributed by atoms with Crippen molar-refractivity contribution >= 4 is 11.7 Å². The van der Waals surface area contributed by atoms with Crippen molar-refractivity contribution in [1.29, 1.82) is 0 Å². The fraction of sp³-hybridized carbons (Fsp3) is 0.833. The predicted octanol–water partition coefficient (Wildman–Crippen LogP) is 1.58. The number of hydrogen-bond acceptors (Lipinski definition) is 3. The standard InChI is InChI=1S/C9H15NO2.C2H6.CH5N/c1-8(11)7-10-6-4-2-3-5-9(10)12;2*1-2/h2-7H2,1H3;1-2H3;2H2,1H3. The molecular weight excluding hydrogens is 204 g/mol. The van der Waals surface area contributed by atoms with Crippen molar-refractivity contribution in [2.24, 2.45) is 5.73 Å². The average Bonchev–Trinajstić information content (AvgIpc) is 2.50. The Morgan fingerprint density at radius 3 is 2.31 bits per heavy atom. The van der Waals surface area contributed by atoms with Crippen LogP contribution in [0.2, 0.25) is 0 Å². The van der Waals surface area contributed by atoms with Gasteiger partial charge in [0, 0.05) is 13.0 Å². The zero-order chi connectivity index (χ0) is 13.0. The lowest BCUT2D eigenvalue weighted by Crippen LogP contribution is -2.34. The minimum absolute atomic E-state index is 0.0743. The molecule has 0 bridgehead atoms. The van der Waals surface area contributed by atoms with Gasteiger partial charge in [-0.2, -0.15) is 0 Å². The molecule has 0 atom stereocenters. The molecule has 0 aromatic heterocycles. The average molecular weight is 230 g/mol. The van der Waals surface area contributed by atoms with Gasteiger partial charge >= 0.3 is 0 Å². The summed E-state index contributed by atoms with van der Waals surface area (Å²) in [6.07, 6.45) is 3.75. The molecule has 0 aromatic rings. The van der Waals surface area contributed by atoms with Crippen LogP contribution in [-0.4, -0.2) is 36.7 Å². The number of carbonyl (C=O) groups is 2. The zero-order valence-electron chi connectivity index (χ0n) is 11.1. The number of Topliss-reactive ketones (excluding diaryl/α,β-unsaturated/α-hetero) is 1. The molecule has 0 aromatic carbocycles. The van der Waals surface area contributed by atoms with Gasteiger partial charge in [0.1, 0.15) is 5.78 Å². The summed E-state index contributed by atoms with van der Waals surface area (Å²) in [5.41, 5.74) is 4.50. The molecule has 96 valence electrons. The molecule has 1 saturated heterocycles. The molecule has 1 amide bonds. The van der Waals surface area contributed by atoms with Crippen LogP contribution in [0.5, 0.6) is 0 Å². The molecule has 16 heavy (non-hydrogen) atoms. The SMILES string of the molecule is CC.CC(=O)CN1CCCCCC1=O.CN. The van der Waals surface area contributed by atoms with Crippen LogP contribution in [0, 0.1) is 0 Å². The van der Waals surface area contributed by atoms with Crippen LogP contribution < -0.4 is 5.73 Å². The summed E-state index contributed by atoms with van der Waals surface area (Å²) in [6.45, 7) is 6.59. The Labute approximate surface area is 99.2 Å². The van der Waals surface area contributed by atoms with Gasteiger partial charge in [-0.25, -0.2) is 0 Å². The minimum Gasteiger partial charge on any atom is -0.335 e. The molecular formula is C12H26N2O2. The number of nitrogens with zero attached hydrogens (tertiary/aromatic N) is 1. The highest BCUT2D eigenvalue weighted by Gasteiger charge is 2.16. The number of amides is 1. The van der Waals surface area contributed by atoms with Crippen LogP contribution in [0.25, 0.3) is 0 Å². The van der Waals surface area contributed by atoms with Crippen LogP contribution in [0.3, 0.4) is 0 Å². The Hall–Kier alpha value is -0.900. The first-order valence-electron chi connectivity index (χ1n) is 6.05. The number of carbonyl (C=O) groups excluding carboxylic acids is 2. The van der Waals surface area contributed by atoms with Gasteiger partial charge in [0.15, 0.2) is 0 Å². The molecule has 0 saturated carbocycles. The van der Waals surface area contributed by atoms with E-state index in [-0.39, 0.29) is 11.7 Å². The second-order valence-electron chi connectivity index (χ2n) is 3.33. The Morgan fingerprint density at radius 1 is 1.25 bits per heavy atom. The van der Waals surface area contributed by atoms with E-state index in [4.69, 9.17) is 0 Å². The number of rotatable bonds is 2. The van der Waals surface area contributed by atoms with E-state index in [2.05, 4.69) is 5.73 Å². The van der Waals surface area contributed by atoms with E-state index >= 15 is 0 Å². The third kappa shape index (κ3) is 8.41. The minimum atomic E-state index is 0.0743. The molecule has 1 aliphatic heterocycles. The molecule has 0 aliphatic carbocycles. The second kappa shape index (κ2) is 12.2. The van der Waals surface area contributed by atoms with Crippen molar-refractivity contribution < 1.29 is 9.59 Å². The maximum absolute atomic E-state index is 11.3. The summed E-state index contributed by atoms with van der Waals surface area (Å²) < 4.78 is 0. The van der Waals surface area contributed by atoms with Crippen LogP contribution in [-0.2, 0) is 9.59 Å². The van der Waals surface area contributed by atoms with Crippen molar-refractivity contribution in [2.45, 2.75) is 46.5 Å². The zero-order valence-corrected chi connectivity index (χ0v) is 11.1. The maximum atomic E-state index is 11.3. The van der Waals surface area contributed by atoms with E-state index in [0.717, 1.165) is 25.8 Å². The first-order valence-corrected chi connectivity index (χ1v) is 6.05. The first-order chi connectivity index (χ1) is 7.70. The van der Waals surface area contributed by atoms with E-state index in [1.54, 1.807) is 4.90 Å². The van der Waals surface area contributed by atoms with Gasteiger partial charge in [-0.1, -0.05) is 20.3 Å². The fourth-order valence-electron chi connectivity index (χ4n) is 1.47. The third-order valence-corrected chi connectivity index (χ3v) is 2.08. The number of nitrogens with two attached hydrogens (primary N) is 1. The summed E-state index contributed by atoms with van der Waals surface area (Å²) in [7, 11) is 1.50. The smallest absolute Gasteiger partial charge is 0.222 e. The van der Waals surface area contributed by atoms with Gasteiger partial charge in [0.2, 0.25) is 5.91 Å². The van der Waals surface area contributed by atoms with Crippen molar-refractivity contribution in [2.75, 3.05) is 20.1 Å². The Morgan fingerprint density at radius 2 is 1.81 bits per heavy atom. The molecule has 1 fully saturated rings. The number of likely N-dealkylation sites (tertiary alicyclic amines) is 1. The van der Waals surface area contributed by atoms with Crippen molar-refractivity contribution in [1.82, 2.24) is 4.90 Å². The van der Waals surface area contributed by atoms with Crippen LogP contribution >= 0.6 is 0 Å². The normalized spacial score (nSPS) is 15.1. The summed E-state index contributed by atoms with van der Waals surface area (Å²) in [5.74, 6) is 0.216. The molecule has 4 heteroatoms. The highest BCUT2D eigenvalue weighted by molar-refractivity contribution is 5.84.